The van der Waals surface area contributed by atoms with Crippen molar-refractivity contribution in [2.24, 2.45) is 5.92 Å². The molecule has 0 bridgehead atoms. The van der Waals surface area contributed by atoms with Gasteiger partial charge in [0.1, 0.15) is 12.4 Å². The van der Waals surface area contributed by atoms with Gasteiger partial charge in [0.15, 0.2) is 0 Å². The summed E-state index contributed by atoms with van der Waals surface area (Å²) >= 11 is 0. The molecule has 7 nitrogen and oxygen atoms in total. The van der Waals surface area contributed by atoms with Gasteiger partial charge in [-0.05, 0) is 37.0 Å². The minimum absolute atomic E-state index is 0.0843. The van der Waals surface area contributed by atoms with Gasteiger partial charge in [-0.25, -0.2) is 0 Å². The van der Waals surface area contributed by atoms with Crippen molar-refractivity contribution in [3.8, 4) is 5.75 Å². The monoisotopic (exact) mass is 481 g/mol. The van der Waals surface area contributed by atoms with E-state index in [0.29, 0.717) is 36.6 Å². The molecule has 190 valence electrons. The summed E-state index contributed by atoms with van der Waals surface area (Å²) in [7, 11) is 3.50. The summed E-state index contributed by atoms with van der Waals surface area (Å²) in [6.45, 7) is 8.76. The number of fused-ring (bicyclic) bond motifs is 1. The fraction of sp³-hybridized carbons (Fsp3) is 0.500. The molecule has 0 saturated heterocycles. The summed E-state index contributed by atoms with van der Waals surface area (Å²) in [5.74, 6) is 0.489. The van der Waals surface area contributed by atoms with Crippen LogP contribution in [0.25, 0.3) is 0 Å². The van der Waals surface area contributed by atoms with Crippen molar-refractivity contribution in [3.63, 3.8) is 0 Å². The number of rotatable bonds is 6. The zero-order valence-electron chi connectivity index (χ0n) is 21.6. The molecule has 1 heterocycles. The van der Waals surface area contributed by atoms with Gasteiger partial charge in [0.2, 0.25) is 5.91 Å². The van der Waals surface area contributed by atoms with E-state index >= 15 is 0 Å². The first-order valence-corrected chi connectivity index (χ1v) is 12.4. The summed E-state index contributed by atoms with van der Waals surface area (Å²) in [6, 6.07) is 15.8. The number of carbonyl (C=O) groups is 2. The van der Waals surface area contributed by atoms with Crippen molar-refractivity contribution in [2.75, 3.05) is 45.7 Å². The summed E-state index contributed by atoms with van der Waals surface area (Å²) in [5.41, 5.74) is 2.40. The zero-order chi connectivity index (χ0) is 25.4. The molecule has 1 aliphatic rings. The lowest BCUT2D eigenvalue weighted by atomic mass is 10.0. The third-order valence-corrected chi connectivity index (χ3v) is 6.71. The van der Waals surface area contributed by atoms with Crippen LogP contribution < -0.4 is 10.1 Å². The van der Waals surface area contributed by atoms with Crippen LogP contribution in [0, 0.1) is 5.92 Å². The lowest BCUT2D eigenvalue weighted by Gasteiger charge is -2.36. The van der Waals surface area contributed by atoms with Crippen molar-refractivity contribution in [1.82, 2.24) is 9.80 Å². The molecule has 35 heavy (non-hydrogen) atoms. The second kappa shape index (κ2) is 12.7. The fourth-order valence-electron chi connectivity index (χ4n) is 4.40. The number of anilines is 1. The van der Waals surface area contributed by atoms with Gasteiger partial charge in [-0.1, -0.05) is 44.2 Å². The molecule has 2 aromatic carbocycles. The molecular formula is C28H39N3O4. The third-order valence-electron chi connectivity index (χ3n) is 6.71. The average molecular weight is 482 g/mol. The predicted molar refractivity (Wildman–Crippen MR) is 139 cm³/mol. The molecule has 0 fully saturated rings. The minimum atomic E-state index is -0.128. The maximum atomic E-state index is 13.3. The highest BCUT2D eigenvalue weighted by molar-refractivity contribution is 5.98. The lowest BCUT2D eigenvalue weighted by Crippen LogP contribution is -2.47. The van der Waals surface area contributed by atoms with Crippen LogP contribution in [0.5, 0.6) is 5.75 Å². The van der Waals surface area contributed by atoms with Gasteiger partial charge >= 0.3 is 0 Å². The standard InChI is InChI=1S/C28H39N3O4/c1-6-27(32)29-23-12-13-24-25(16-23)35-19-21(3)31(15-14-22-10-8-7-9-11-22)17-20(2)26(34-5)18-30(4)28(24)33/h7-13,16,20-21,26H,6,14-15,17-19H2,1-5H3,(H,29,32)/t20-,21+,26-/m1/s1. The van der Waals surface area contributed by atoms with E-state index in [2.05, 4.69) is 48.3 Å². The number of methoxy groups -OCH3 is 1. The van der Waals surface area contributed by atoms with E-state index in [9.17, 15) is 9.59 Å². The van der Waals surface area contributed by atoms with E-state index < -0.39 is 0 Å². The fourth-order valence-corrected chi connectivity index (χ4v) is 4.40. The molecule has 1 N–H and O–H groups in total. The molecule has 3 atom stereocenters. The molecule has 1 aliphatic heterocycles. The Bertz CT molecular complexity index is 981. The number of hydrogen-bond donors (Lipinski definition) is 1. The molecule has 0 unspecified atom stereocenters. The second-order valence-electron chi connectivity index (χ2n) is 9.44. The molecule has 0 aliphatic carbocycles. The van der Waals surface area contributed by atoms with Crippen molar-refractivity contribution in [2.45, 2.75) is 45.8 Å². The van der Waals surface area contributed by atoms with Gasteiger partial charge in [0, 0.05) is 58.0 Å². The molecule has 7 heteroatoms. The Morgan fingerprint density at radius 1 is 1.14 bits per heavy atom. The Labute approximate surface area is 209 Å². The number of nitrogens with one attached hydrogen (secondary N) is 1. The van der Waals surface area contributed by atoms with Crippen LogP contribution in [0.15, 0.2) is 48.5 Å². The van der Waals surface area contributed by atoms with E-state index in [4.69, 9.17) is 9.47 Å². The van der Waals surface area contributed by atoms with Crippen LogP contribution >= 0.6 is 0 Å². The van der Waals surface area contributed by atoms with Gasteiger partial charge in [-0.2, -0.15) is 0 Å². The number of amides is 2. The van der Waals surface area contributed by atoms with Gasteiger partial charge in [-0.15, -0.1) is 0 Å². The van der Waals surface area contributed by atoms with Crippen LogP contribution in [-0.4, -0.2) is 74.2 Å². The first-order valence-electron chi connectivity index (χ1n) is 12.4. The van der Waals surface area contributed by atoms with Crippen molar-refractivity contribution in [1.29, 1.82) is 0 Å². The zero-order valence-corrected chi connectivity index (χ0v) is 21.6. The van der Waals surface area contributed by atoms with Crippen LogP contribution in [-0.2, 0) is 16.0 Å². The summed E-state index contributed by atoms with van der Waals surface area (Å²) < 4.78 is 12.1. The van der Waals surface area contributed by atoms with Crippen molar-refractivity contribution >= 4 is 17.5 Å². The summed E-state index contributed by atoms with van der Waals surface area (Å²) in [5, 5.41) is 2.86. The molecular weight excluding hydrogens is 442 g/mol. The van der Waals surface area contributed by atoms with Gasteiger partial charge < -0.3 is 19.7 Å². The third kappa shape index (κ3) is 7.29. The molecule has 0 saturated carbocycles. The number of ether oxygens (including phenoxy) is 2. The largest absolute Gasteiger partial charge is 0.491 e. The van der Waals surface area contributed by atoms with E-state index in [1.807, 2.05) is 6.07 Å². The number of carbonyl (C=O) groups excluding carboxylic acids is 2. The van der Waals surface area contributed by atoms with E-state index in [1.165, 1.54) is 5.56 Å². The highest BCUT2D eigenvalue weighted by atomic mass is 16.5. The molecule has 2 amide bonds. The lowest BCUT2D eigenvalue weighted by molar-refractivity contribution is -0.115. The molecule has 0 aromatic heterocycles. The quantitative estimate of drug-likeness (QED) is 0.673. The summed E-state index contributed by atoms with van der Waals surface area (Å²) in [4.78, 5) is 29.3. The normalized spacial score (nSPS) is 21.9. The summed E-state index contributed by atoms with van der Waals surface area (Å²) in [6.07, 6.45) is 1.23. The highest BCUT2D eigenvalue weighted by Crippen LogP contribution is 2.27. The minimum Gasteiger partial charge on any atom is -0.491 e. The van der Waals surface area contributed by atoms with E-state index in [0.717, 1.165) is 19.5 Å². The Morgan fingerprint density at radius 3 is 2.57 bits per heavy atom. The van der Waals surface area contributed by atoms with Crippen molar-refractivity contribution < 1.29 is 19.1 Å². The first kappa shape index (κ1) is 26.7. The average Bonchev–Trinajstić information content (AvgIpc) is 2.87. The molecule has 3 rings (SSSR count). The Balaban J connectivity index is 1.89. The Kier molecular flexibility index (Phi) is 9.69. The topological polar surface area (TPSA) is 71.1 Å². The van der Waals surface area contributed by atoms with Gasteiger partial charge in [-0.3, -0.25) is 14.5 Å². The number of nitrogens with zero attached hydrogens (tertiary/aromatic N) is 2. The van der Waals surface area contributed by atoms with E-state index in [1.54, 1.807) is 44.2 Å². The van der Waals surface area contributed by atoms with Gasteiger partial charge in [0.05, 0.1) is 11.7 Å². The predicted octanol–water partition coefficient (Wildman–Crippen LogP) is 4.08. The van der Waals surface area contributed by atoms with Crippen LogP contribution in [0.2, 0.25) is 0 Å². The first-order chi connectivity index (χ1) is 16.8. The Hall–Kier alpha value is -2.90. The Morgan fingerprint density at radius 2 is 1.89 bits per heavy atom. The van der Waals surface area contributed by atoms with Crippen LogP contribution in [0.3, 0.4) is 0 Å². The highest BCUT2D eigenvalue weighted by Gasteiger charge is 2.28. The SMILES string of the molecule is CCC(=O)Nc1ccc2c(c1)OC[C@H](C)N(CCc1ccccc1)C[C@@H](C)[C@H](OC)CN(C)C2=O. The smallest absolute Gasteiger partial charge is 0.257 e. The van der Waals surface area contributed by atoms with E-state index in [-0.39, 0.29) is 29.9 Å². The van der Waals surface area contributed by atoms with Gasteiger partial charge in [0.25, 0.3) is 5.91 Å². The number of likely N-dealkylation sites (N-methyl/N-ethyl adjacent to an activating group) is 1. The van der Waals surface area contributed by atoms with Crippen molar-refractivity contribution in [3.05, 3.63) is 59.7 Å². The number of hydrogen-bond acceptors (Lipinski definition) is 5. The second-order valence-corrected chi connectivity index (χ2v) is 9.44. The maximum Gasteiger partial charge on any atom is 0.257 e. The van der Waals surface area contributed by atoms with Crippen LogP contribution in [0.1, 0.15) is 43.1 Å². The van der Waals surface area contributed by atoms with Crippen LogP contribution in [0.4, 0.5) is 5.69 Å². The maximum absolute atomic E-state index is 13.3. The molecule has 2 aromatic rings. The molecule has 0 spiro atoms. The molecule has 0 radical (unpaired) electrons. The number of benzene rings is 2.